The molecular formula is C35H40O3. The standard InChI is InChI=1S/C35H40O3/c1-28(2)31-23-18-29(19-24-31)14-10-7-5-3-4-6-8-13-17-35(37)38-33-25-20-30(21-26-33)22-27-34(36)32-15-11-9-12-16-32/h9,11-12,15-16,18-27H,1,3-8,10,13-14,17H2,2H3. The van der Waals surface area contributed by atoms with Gasteiger partial charge in [0.1, 0.15) is 5.75 Å². The van der Waals surface area contributed by atoms with Gasteiger partial charge in [0.05, 0.1) is 0 Å². The molecule has 3 rings (SSSR count). The van der Waals surface area contributed by atoms with Crippen LogP contribution >= 0.6 is 0 Å². The van der Waals surface area contributed by atoms with E-state index in [1.807, 2.05) is 37.3 Å². The van der Waals surface area contributed by atoms with Gasteiger partial charge in [-0.2, -0.15) is 0 Å². The van der Waals surface area contributed by atoms with Crippen LogP contribution in [0.2, 0.25) is 0 Å². The number of carbonyl (C=O) groups is 2. The summed E-state index contributed by atoms with van der Waals surface area (Å²) in [4.78, 5) is 24.3. The number of benzene rings is 3. The molecule has 0 saturated carbocycles. The highest BCUT2D eigenvalue weighted by Crippen LogP contribution is 2.17. The minimum atomic E-state index is -0.191. The van der Waals surface area contributed by atoms with Gasteiger partial charge in [0, 0.05) is 12.0 Å². The molecule has 0 aliphatic carbocycles. The molecule has 3 aromatic carbocycles. The maximum atomic E-state index is 12.2. The summed E-state index contributed by atoms with van der Waals surface area (Å²) in [7, 11) is 0. The molecule has 3 aromatic rings. The zero-order chi connectivity index (χ0) is 27.0. The van der Waals surface area contributed by atoms with Crippen LogP contribution in [0.5, 0.6) is 5.75 Å². The summed E-state index contributed by atoms with van der Waals surface area (Å²) in [5, 5.41) is 0. The minimum Gasteiger partial charge on any atom is -0.427 e. The van der Waals surface area contributed by atoms with Gasteiger partial charge in [-0.15, -0.1) is 0 Å². The zero-order valence-electron chi connectivity index (χ0n) is 22.7. The first-order valence-corrected chi connectivity index (χ1v) is 13.8. The van der Waals surface area contributed by atoms with Crippen LogP contribution in [0.25, 0.3) is 11.6 Å². The predicted octanol–water partition coefficient (Wildman–Crippen LogP) is 9.27. The van der Waals surface area contributed by atoms with E-state index in [4.69, 9.17) is 4.74 Å². The second-order valence-corrected chi connectivity index (χ2v) is 9.91. The quantitative estimate of drug-likeness (QED) is 0.0636. The van der Waals surface area contributed by atoms with Gasteiger partial charge in [-0.3, -0.25) is 9.59 Å². The van der Waals surface area contributed by atoms with Crippen molar-refractivity contribution in [2.24, 2.45) is 0 Å². The first-order chi connectivity index (χ1) is 18.5. The number of allylic oxidation sites excluding steroid dienone is 2. The Kier molecular flexibility index (Phi) is 12.3. The molecule has 198 valence electrons. The van der Waals surface area contributed by atoms with Crippen LogP contribution in [0, 0.1) is 0 Å². The molecule has 0 bridgehead atoms. The first-order valence-electron chi connectivity index (χ1n) is 13.8. The molecule has 0 aliphatic rings. The molecule has 0 saturated heterocycles. The molecule has 3 nitrogen and oxygen atoms in total. The monoisotopic (exact) mass is 508 g/mol. The summed E-state index contributed by atoms with van der Waals surface area (Å²) in [6.07, 6.45) is 14.3. The largest absolute Gasteiger partial charge is 0.427 e. The van der Waals surface area contributed by atoms with E-state index in [9.17, 15) is 9.59 Å². The minimum absolute atomic E-state index is 0.0398. The molecule has 0 amide bonds. The molecule has 0 spiro atoms. The Balaban J connectivity index is 1.20. The lowest BCUT2D eigenvalue weighted by Gasteiger charge is -2.06. The van der Waals surface area contributed by atoms with Crippen molar-refractivity contribution in [3.05, 3.63) is 114 Å². The molecule has 0 N–H and O–H groups in total. The molecule has 38 heavy (non-hydrogen) atoms. The fourth-order valence-electron chi connectivity index (χ4n) is 4.32. The van der Waals surface area contributed by atoms with Crippen molar-refractivity contribution in [3.63, 3.8) is 0 Å². The van der Waals surface area contributed by atoms with Crippen LogP contribution in [0.15, 0.2) is 91.5 Å². The van der Waals surface area contributed by atoms with Gasteiger partial charge in [-0.05, 0) is 61.1 Å². The van der Waals surface area contributed by atoms with E-state index in [1.54, 1.807) is 36.4 Å². The summed E-state index contributed by atoms with van der Waals surface area (Å²) in [6, 6.07) is 25.2. The lowest BCUT2D eigenvalue weighted by atomic mass is 10.0. The van der Waals surface area contributed by atoms with Crippen molar-refractivity contribution in [3.8, 4) is 5.75 Å². The van der Waals surface area contributed by atoms with E-state index in [0.29, 0.717) is 17.7 Å². The lowest BCUT2D eigenvalue weighted by molar-refractivity contribution is -0.134. The molecular weight excluding hydrogens is 468 g/mol. The number of rotatable bonds is 16. The molecule has 0 radical (unpaired) electrons. The summed E-state index contributed by atoms with van der Waals surface area (Å²) in [5.74, 6) is 0.305. The van der Waals surface area contributed by atoms with Gasteiger partial charge in [-0.25, -0.2) is 0 Å². The van der Waals surface area contributed by atoms with E-state index >= 15 is 0 Å². The van der Waals surface area contributed by atoms with Crippen LogP contribution in [0.1, 0.15) is 91.8 Å². The number of ether oxygens (including phenoxy) is 1. The van der Waals surface area contributed by atoms with Crippen molar-refractivity contribution >= 4 is 23.4 Å². The van der Waals surface area contributed by atoms with Crippen LogP contribution < -0.4 is 4.74 Å². The van der Waals surface area contributed by atoms with E-state index in [1.165, 1.54) is 49.7 Å². The molecule has 0 atom stereocenters. The highest BCUT2D eigenvalue weighted by Gasteiger charge is 2.05. The van der Waals surface area contributed by atoms with Crippen molar-refractivity contribution in [2.75, 3.05) is 0 Å². The third-order valence-corrected chi connectivity index (χ3v) is 6.64. The second-order valence-electron chi connectivity index (χ2n) is 9.91. The predicted molar refractivity (Wildman–Crippen MR) is 158 cm³/mol. The average Bonchev–Trinajstić information content (AvgIpc) is 2.94. The molecule has 0 unspecified atom stereocenters. The summed E-state index contributed by atoms with van der Waals surface area (Å²) < 4.78 is 5.46. The van der Waals surface area contributed by atoms with Crippen LogP contribution in [-0.2, 0) is 11.2 Å². The van der Waals surface area contributed by atoms with Crippen molar-refractivity contribution in [2.45, 2.75) is 71.1 Å². The Labute approximate surface area is 228 Å². The average molecular weight is 509 g/mol. The molecule has 0 aromatic heterocycles. The van der Waals surface area contributed by atoms with Gasteiger partial charge in [0.25, 0.3) is 0 Å². The number of unbranched alkanes of at least 4 members (excludes halogenated alkanes) is 7. The van der Waals surface area contributed by atoms with Gasteiger partial charge in [-0.1, -0.05) is 123 Å². The number of hydrogen-bond donors (Lipinski definition) is 0. The Morgan fingerprint density at radius 3 is 1.95 bits per heavy atom. The smallest absolute Gasteiger partial charge is 0.311 e. The van der Waals surface area contributed by atoms with Crippen molar-refractivity contribution < 1.29 is 14.3 Å². The summed E-state index contributed by atoms with van der Waals surface area (Å²) >= 11 is 0. The fourth-order valence-corrected chi connectivity index (χ4v) is 4.32. The van der Waals surface area contributed by atoms with E-state index in [0.717, 1.165) is 30.4 Å². The molecule has 0 aliphatic heterocycles. The normalized spacial score (nSPS) is 11.0. The van der Waals surface area contributed by atoms with Crippen LogP contribution in [0.3, 0.4) is 0 Å². The van der Waals surface area contributed by atoms with Crippen LogP contribution in [-0.4, -0.2) is 11.8 Å². The number of esters is 1. The topological polar surface area (TPSA) is 43.4 Å². The van der Waals surface area contributed by atoms with Gasteiger partial charge in [0.15, 0.2) is 5.78 Å². The Bertz CT molecular complexity index is 1170. The highest BCUT2D eigenvalue weighted by atomic mass is 16.5. The van der Waals surface area contributed by atoms with Crippen LogP contribution in [0.4, 0.5) is 0 Å². The van der Waals surface area contributed by atoms with Gasteiger partial charge >= 0.3 is 5.97 Å². The zero-order valence-corrected chi connectivity index (χ0v) is 22.7. The van der Waals surface area contributed by atoms with Crippen molar-refractivity contribution in [1.82, 2.24) is 0 Å². The Morgan fingerprint density at radius 2 is 1.32 bits per heavy atom. The lowest BCUT2D eigenvalue weighted by Crippen LogP contribution is -2.07. The van der Waals surface area contributed by atoms with E-state index < -0.39 is 0 Å². The van der Waals surface area contributed by atoms with Gasteiger partial charge < -0.3 is 4.74 Å². The molecule has 0 fully saturated rings. The first kappa shape index (κ1) is 28.8. The number of ketones is 1. The Morgan fingerprint density at radius 1 is 0.711 bits per heavy atom. The molecule has 3 heteroatoms. The second kappa shape index (κ2) is 16.2. The highest BCUT2D eigenvalue weighted by molar-refractivity contribution is 6.06. The number of carbonyl (C=O) groups excluding carboxylic acids is 2. The maximum absolute atomic E-state index is 12.2. The third kappa shape index (κ3) is 10.7. The summed E-state index contributed by atoms with van der Waals surface area (Å²) in [5.41, 5.74) is 5.28. The van der Waals surface area contributed by atoms with Crippen molar-refractivity contribution in [1.29, 1.82) is 0 Å². The Hall–Kier alpha value is -3.72. The number of aryl methyl sites for hydroxylation is 1. The third-order valence-electron chi connectivity index (χ3n) is 6.64. The maximum Gasteiger partial charge on any atom is 0.311 e. The SMILES string of the molecule is C=C(C)c1ccc(CCCCCCCCCCC(=O)Oc2ccc(C=CC(=O)c3ccccc3)cc2)cc1. The van der Waals surface area contributed by atoms with E-state index in [-0.39, 0.29) is 11.8 Å². The van der Waals surface area contributed by atoms with Gasteiger partial charge in [0.2, 0.25) is 0 Å². The van der Waals surface area contributed by atoms with E-state index in [2.05, 4.69) is 30.8 Å². The summed E-state index contributed by atoms with van der Waals surface area (Å²) in [6.45, 7) is 6.03. The fraction of sp³-hybridized carbons (Fsp3) is 0.314. The number of hydrogen-bond acceptors (Lipinski definition) is 3. The molecule has 0 heterocycles.